The molecule has 0 bridgehead atoms. The molecule has 0 saturated heterocycles. The van der Waals surface area contributed by atoms with Gasteiger partial charge in [0.25, 0.3) is 0 Å². The summed E-state index contributed by atoms with van der Waals surface area (Å²) in [5.74, 6) is 0.439. The molecular weight excluding hydrogens is 333 g/mol. The predicted octanol–water partition coefficient (Wildman–Crippen LogP) is 4.06. The van der Waals surface area contributed by atoms with Crippen molar-refractivity contribution in [2.75, 3.05) is 34.4 Å². The summed E-state index contributed by atoms with van der Waals surface area (Å²) in [4.78, 5) is 14.4. The number of nitrogens with zero attached hydrogens (tertiary/aromatic N) is 1. The Kier molecular flexibility index (Phi) is 7.36. The van der Waals surface area contributed by atoms with E-state index in [2.05, 4.69) is 4.90 Å². The summed E-state index contributed by atoms with van der Waals surface area (Å²) >= 11 is 0. The number of ether oxygens (including phenoxy) is 2. The second-order valence-corrected chi connectivity index (χ2v) is 6.12. The monoisotopic (exact) mass is 357 g/mol. The van der Waals surface area contributed by atoms with E-state index in [9.17, 15) is 9.18 Å². The van der Waals surface area contributed by atoms with Crippen molar-refractivity contribution in [1.82, 2.24) is 4.90 Å². The molecule has 0 saturated carbocycles. The fraction of sp³-hybridized carbons (Fsp3) is 0.286. The molecule has 5 heteroatoms. The van der Waals surface area contributed by atoms with Crippen LogP contribution in [0.1, 0.15) is 22.3 Å². The maximum atomic E-state index is 13.9. The third-order valence-corrected chi connectivity index (χ3v) is 3.76. The average Bonchev–Trinajstić information content (AvgIpc) is 2.64. The molecule has 0 heterocycles. The van der Waals surface area contributed by atoms with E-state index in [1.807, 2.05) is 20.2 Å². The number of hydrogen-bond donors (Lipinski definition) is 0. The van der Waals surface area contributed by atoms with Gasteiger partial charge in [0.05, 0.1) is 13.7 Å². The zero-order valence-corrected chi connectivity index (χ0v) is 15.4. The number of hydrogen-bond acceptors (Lipinski definition) is 4. The lowest BCUT2D eigenvalue weighted by molar-refractivity contribution is 0.104. The van der Waals surface area contributed by atoms with Crippen molar-refractivity contribution in [3.63, 3.8) is 0 Å². The molecular formula is C21H24FNO3. The zero-order valence-electron chi connectivity index (χ0n) is 15.4. The first kappa shape index (κ1) is 19.7. The number of ketones is 1. The second-order valence-electron chi connectivity index (χ2n) is 6.12. The first-order valence-corrected chi connectivity index (χ1v) is 8.43. The van der Waals surface area contributed by atoms with E-state index in [1.54, 1.807) is 30.3 Å². The average molecular weight is 357 g/mol. The maximum absolute atomic E-state index is 13.9. The van der Waals surface area contributed by atoms with Crippen LogP contribution in [0.15, 0.2) is 48.5 Å². The number of halogens is 1. The summed E-state index contributed by atoms with van der Waals surface area (Å²) in [5.41, 5.74) is 0.829. The molecule has 0 aliphatic heterocycles. The molecule has 0 spiro atoms. The third kappa shape index (κ3) is 6.01. The Balaban J connectivity index is 1.99. The van der Waals surface area contributed by atoms with Crippen LogP contribution in [0.25, 0.3) is 6.08 Å². The molecule has 0 aromatic heterocycles. The van der Waals surface area contributed by atoms with Crippen molar-refractivity contribution < 1.29 is 18.7 Å². The number of carbonyl (C=O) groups excluding carboxylic acids is 1. The van der Waals surface area contributed by atoms with Gasteiger partial charge in [-0.05, 0) is 56.9 Å². The van der Waals surface area contributed by atoms with Gasteiger partial charge in [0.2, 0.25) is 0 Å². The molecule has 0 fully saturated rings. The summed E-state index contributed by atoms with van der Waals surface area (Å²) < 4.78 is 24.6. The van der Waals surface area contributed by atoms with Gasteiger partial charge in [0, 0.05) is 23.7 Å². The molecule has 0 amide bonds. The van der Waals surface area contributed by atoms with Gasteiger partial charge in [-0.3, -0.25) is 4.79 Å². The van der Waals surface area contributed by atoms with Gasteiger partial charge >= 0.3 is 0 Å². The lowest BCUT2D eigenvalue weighted by Gasteiger charge is -2.10. The van der Waals surface area contributed by atoms with Gasteiger partial charge in [-0.2, -0.15) is 0 Å². The standard InChI is InChI=1S/C21H24FNO3/c1-23(2)12-5-13-26-19-7-4-6-17(14-19)21(24)11-9-16-8-10-18(25-3)15-20(16)22/h4,6-11,14-15H,5,12-13H2,1-3H3. The fourth-order valence-electron chi connectivity index (χ4n) is 2.34. The smallest absolute Gasteiger partial charge is 0.185 e. The molecule has 0 aliphatic carbocycles. The number of benzene rings is 2. The minimum atomic E-state index is -0.439. The Hall–Kier alpha value is -2.66. The largest absolute Gasteiger partial charge is 0.497 e. The summed E-state index contributed by atoms with van der Waals surface area (Å²) in [6.07, 6.45) is 3.72. The van der Waals surface area contributed by atoms with Gasteiger partial charge in [0.1, 0.15) is 17.3 Å². The van der Waals surface area contributed by atoms with E-state index in [4.69, 9.17) is 9.47 Å². The number of allylic oxidation sites excluding steroid dienone is 1. The van der Waals surface area contributed by atoms with E-state index in [0.29, 0.717) is 29.2 Å². The molecule has 0 unspecified atom stereocenters. The minimum absolute atomic E-state index is 0.209. The highest BCUT2D eigenvalue weighted by Gasteiger charge is 2.06. The predicted molar refractivity (Wildman–Crippen MR) is 101 cm³/mol. The van der Waals surface area contributed by atoms with Crippen molar-refractivity contribution >= 4 is 11.9 Å². The molecule has 2 rings (SSSR count). The van der Waals surface area contributed by atoms with Crippen molar-refractivity contribution in [2.45, 2.75) is 6.42 Å². The Morgan fingerprint density at radius 3 is 2.65 bits per heavy atom. The van der Waals surface area contributed by atoms with E-state index < -0.39 is 5.82 Å². The molecule has 26 heavy (non-hydrogen) atoms. The molecule has 0 aliphatic rings. The highest BCUT2D eigenvalue weighted by atomic mass is 19.1. The van der Waals surface area contributed by atoms with Crippen molar-refractivity contribution in [3.05, 3.63) is 65.5 Å². The minimum Gasteiger partial charge on any atom is -0.497 e. The Bertz CT molecular complexity index is 772. The zero-order chi connectivity index (χ0) is 18.9. The van der Waals surface area contributed by atoms with E-state index >= 15 is 0 Å². The number of methoxy groups -OCH3 is 1. The molecule has 138 valence electrons. The lowest BCUT2D eigenvalue weighted by Crippen LogP contribution is -2.15. The van der Waals surface area contributed by atoms with Gasteiger partial charge in [-0.1, -0.05) is 12.1 Å². The van der Waals surface area contributed by atoms with E-state index in [1.165, 1.54) is 25.3 Å². The quantitative estimate of drug-likeness (QED) is 0.385. The summed E-state index contributed by atoms with van der Waals surface area (Å²) in [7, 11) is 5.50. The Morgan fingerprint density at radius 2 is 1.96 bits per heavy atom. The Labute approximate surface area is 153 Å². The van der Waals surface area contributed by atoms with Crippen LogP contribution in [0.5, 0.6) is 11.5 Å². The van der Waals surface area contributed by atoms with Crippen molar-refractivity contribution in [3.8, 4) is 11.5 Å². The Morgan fingerprint density at radius 1 is 1.15 bits per heavy atom. The fourth-order valence-corrected chi connectivity index (χ4v) is 2.34. The number of rotatable bonds is 9. The van der Waals surface area contributed by atoms with Gasteiger partial charge in [-0.15, -0.1) is 0 Å². The molecule has 0 N–H and O–H groups in total. The van der Waals surface area contributed by atoms with Crippen LogP contribution < -0.4 is 9.47 Å². The van der Waals surface area contributed by atoms with Crippen LogP contribution in [0, 0.1) is 5.82 Å². The SMILES string of the molecule is COc1ccc(C=CC(=O)c2cccc(OCCCN(C)C)c2)c(F)c1. The molecule has 0 radical (unpaired) electrons. The third-order valence-electron chi connectivity index (χ3n) is 3.76. The second kappa shape index (κ2) is 9.73. The van der Waals surface area contributed by atoms with Crippen molar-refractivity contribution in [2.24, 2.45) is 0 Å². The summed E-state index contributed by atoms with van der Waals surface area (Å²) in [6.45, 7) is 1.53. The highest BCUT2D eigenvalue weighted by molar-refractivity contribution is 6.07. The molecule has 2 aromatic carbocycles. The summed E-state index contributed by atoms with van der Waals surface area (Å²) in [5, 5.41) is 0. The van der Waals surface area contributed by atoms with Crippen LogP contribution in [0.4, 0.5) is 4.39 Å². The molecule has 2 aromatic rings. The van der Waals surface area contributed by atoms with E-state index in [0.717, 1.165) is 13.0 Å². The van der Waals surface area contributed by atoms with Crippen LogP contribution in [-0.2, 0) is 0 Å². The van der Waals surface area contributed by atoms with Crippen LogP contribution >= 0.6 is 0 Å². The van der Waals surface area contributed by atoms with Crippen molar-refractivity contribution in [1.29, 1.82) is 0 Å². The first-order valence-electron chi connectivity index (χ1n) is 8.43. The van der Waals surface area contributed by atoms with Crippen LogP contribution in [-0.4, -0.2) is 45.0 Å². The topological polar surface area (TPSA) is 38.8 Å². The molecule has 4 nitrogen and oxygen atoms in total. The molecule has 0 atom stereocenters. The highest BCUT2D eigenvalue weighted by Crippen LogP contribution is 2.18. The van der Waals surface area contributed by atoms with Crippen LogP contribution in [0.3, 0.4) is 0 Å². The van der Waals surface area contributed by atoms with Gasteiger partial charge in [0.15, 0.2) is 5.78 Å². The maximum Gasteiger partial charge on any atom is 0.185 e. The van der Waals surface area contributed by atoms with E-state index in [-0.39, 0.29) is 5.78 Å². The first-order chi connectivity index (χ1) is 12.5. The van der Waals surface area contributed by atoms with Gasteiger partial charge < -0.3 is 14.4 Å². The normalized spacial score (nSPS) is 11.1. The lowest BCUT2D eigenvalue weighted by atomic mass is 10.1. The van der Waals surface area contributed by atoms with Crippen LogP contribution in [0.2, 0.25) is 0 Å². The van der Waals surface area contributed by atoms with Gasteiger partial charge in [-0.25, -0.2) is 4.39 Å². The number of carbonyl (C=O) groups is 1. The summed E-state index contributed by atoms with van der Waals surface area (Å²) in [6, 6.07) is 11.5.